The maximum atomic E-state index is 11.4. The van der Waals surface area contributed by atoms with Crippen molar-refractivity contribution in [1.29, 1.82) is 0 Å². The van der Waals surface area contributed by atoms with Gasteiger partial charge in [-0.05, 0) is 26.3 Å². The summed E-state index contributed by atoms with van der Waals surface area (Å²) in [6, 6.07) is 9.68. The average Bonchev–Trinajstić information content (AvgIpc) is 2.14. The van der Waals surface area contributed by atoms with E-state index in [1.54, 1.807) is 0 Å². The molecule has 0 atom stereocenters. The Morgan fingerprint density at radius 2 is 1.73 bits per heavy atom. The number of hydrogen-bond acceptors (Lipinski definition) is 3. The third-order valence-electron chi connectivity index (χ3n) is 1.83. The molecule has 0 aliphatic carbocycles. The quantitative estimate of drug-likeness (QED) is 0.762. The van der Waals surface area contributed by atoms with Gasteiger partial charge in [-0.2, -0.15) is 0 Å². The Labute approximate surface area is 91.0 Å². The molecule has 0 amide bonds. The predicted octanol–water partition coefficient (Wildman–Crippen LogP) is 2.94. The van der Waals surface area contributed by atoms with Crippen LogP contribution in [0.25, 0.3) is 0 Å². The molecule has 15 heavy (non-hydrogen) atoms. The van der Waals surface area contributed by atoms with Crippen LogP contribution in [-0.2, 0) is 16.1 Å². The molecule has 0 aliphatic rings. The van der Waals surface area contributed by atoms with Gasteiger partial charge in [0.15, 0.2) is 0 Å². The number of hydrogen-bond donors (Lipinski definition) is 1. The molecule has 1 aromatic carbocycles. The van der Waals surface area contributed by atoms with E-state index < -0.39 is 5.41 Å². The Hall–Kier alpha value is -1.35. The van der Waals surface area contributed by atoms with E-state index in [1.807, 2.05) is 51.1 Å². The number of rotatable bonds is 2. The van der Waals surface area contributed by atoms with E-state index in [0.29, 0.717) is 6.61 Å². The molecule has 1 rings (SSSR count). The molecule has 3 nitrogen and oxygen atoms in total. The predicted molar refractivity (Wildman–Crippen MR) is 60.7 cm³/mol. The van der Waals surface area contributed by atoms with E-state index in [4.69, 9.17) is 4.74 Å². The summed E-state index contributed by atoms with van der Waals surface area (Å²) >= 11 is 0. The monoisotopic (exact) mass is 209 g/mol. The van der Waals surface area contributed by atoms with Crippen molar-refractivity contribution in [2.45, 2.75) is 27.4 Å². The van der Waals surface area contributed by atoms with Crippen LogP contribution in [0.1, 0.15) is 26.3 Å². The van der Waals surface area contributed by atoms with Crippen molar-refractivity contribution in [2.75, 3.05) is 0 Å². The molecule has 84 valence electrons. The first-order valence-electron chi connectivity index (χ1n) is 4.71. The zero-order valence-corrected chi connectivity index (χ0v) is 9.62. The van der Waals surface area contributed by atoms with Crippen LogP contribution < -0.4 is 6.15 Å². The Morgan fingerprint density at radius 3 is 2.20 bits per heavy atom. The van der Waals surface area contributed by atoms with Crippen molar-refractivity contribution < 1.29 is 9.53 Å². The van der Waals surface area contributed by atoms with Crippen molar-refractivity contribution >= 4 is 5.97 Å². The van der Waals surface area contributed by atoms with E-state index in [9.17, 15) is 4.79 Å². The second-order valence-corrected chi connectivity index (χ2v) is 4.31. The van der Waals surface area contributed by atoms with Gasteiger partial charge >= 0.3 is 5.97 Å². The van der Waals surface area contributed by atoms with E-state index in [-0.39, 0.29) is 12.1 Å². The minimum Gasteiger partial charge on any atom is -0.460 e. The Kier molecular flexibility index (Phi) is 5.02. The molecule has 0 radical (unpaired) electrons. The van der Waals surface area contributed by atoms with Gasteiger partial charge in [-0.3, -0.25) is 4.79 Å². The highest BCUT2D eigenvalue weighted by molar-refractivity contribution is 5.75. The van der Waals surface area contributed by atoms with Crippen LogP contribution in [0.3, 0.4) is 0 Å². The molecule has 0 heterocycles. The lowest BCUT2D eigenvalue weighted by atomic mass is 9.97. The zero-order valence-electron chi connectivity index (χ0n) is 9.62. The van der Waals surface area contributed by atoms with Crippen molar-refractivity contribution in [1.82, 2.24) is 6.15 Å². The maximum absolute atomic E-state index is 11.4. The van der Waals surface area contributed by atoms with Gasteiger partial charge in [-0.25, -0.2) is 0 Å². The fourth-order valence-electron chi connectivity index (χ4n) is 0.940. The highest BCUT2D eigenvalue weighted by Crippen LogP contribution is 2.16. The van der Waals surface area contributed by atoms with Gasteiger partial charge in [0.25, 0.3) is 0 Å². The molecule has 0 fully saturated rings. The van der Waals surface area contributed by atoms with Crippen LogP contribution in [0.15, 0.2) is 30.3 Å². The molecule has 1 aromatic rings. The normalized spacial score (nSPS) is 10.3. The average molecular weight is 209 g/mol. The van der Waals surface area contributed by atoms with Gasteiger partial charge < -0.3 is 10.9 Å². The second-order valence-electron chi connectivity index (χ2n) is 4.31. The Balaban J connectivity index is 0.00000196. The standard InChI is InChI=1S/C12H16O2.H3N/c1-12(2,3)11(13)14-9-10-7-5-4-6-8-10;/h4-8H,9H2,1-3H3;1H3. The Morgan fingerprint density at radius 1 is 1.20 bits per heavy atom. The third kappa shape index (κ3) is 4.61. The fourth-order valence-corrected chi connectivity index (χ4v) is 0.940. The summed E-state index contributed by atoms with van der Waals surface area (Å²) in [5.74, 6) is -0.165. The number of carbonyl (C=O) groups is 1. The highest BCUT2D eigenvalue weighted by atomic mass is 16.5. The van der Waals surface area contributed by atoms with Gasteiger partial charge in [0.05, 0.1) is 5.41 Å². The number of esters is 1. The molecular weight excluding hydrogens is 190 g/mol. The molecule has 0 saturated carbocycles. The summed E-state index contributed by atoms with van der Waals surface area (Å²) in [5.41, 5.74) is 0.597. The number of benzene rings is 1. The fraction of sp³-hybridized carbons (Fsp3) is 0.417. The van der Waals surface area contributed by atoms with Crippen LogP contribution >= 0.6 is 0 Å². The SMILES string of the molecule is CC(C)(C)C(=O)OCc1ccccc1.N. The molecule has 0 saturated heterocycles. The topological polar surface area (TPSA) is 61.3 Å². The summed E-state index contributed by atoms with van der Waals surface area (Å²) < 4.78 is 5.15. The van der Waals surface area contributed by atoms with Crippen LogP contribution in [0, 0.1) is 5.41 Å². The summed E-state index contributed by atoms with van der Waals surface area (Å²) in [6.45, 7) is 5.90. The van der Waals surface area contributed by atoms with Crippen LogP contribution in [0.2, 0.25) is 0 Å². The molecule has 3 heteroatoms. The lowest BCUT2D eigenvalue weighted by Gasteiger charge is -2.16. The first-order chi connectivity index (χ1) is 6.50. The van der Waals surface area contributed by atoms with Crippen molar-refractivity contribution in [3.8, 4) is 0 Å². The minimum atomic E-state index is -0.422. The summed E-state index contributed by atoms with van der Waals surface area (Å²) in [4.78, 5) is 11.4. The molecule has 0 spiro atoms. The number of ether oxygens (including phenoxy) is 1. The van der Waals surface area contributed by atoms with Gasteiger partial charge in [0, 0.05) is 0 Å². The molecular formula is C12H19NO2. The molecule has 0 aromatic heterocycles. The summed E-state index contributed by atoms with van der Waals surface area (Å²) in [5, 5.41) is 0. The minimum absolute atomic E-state index is 0. The van der Waals surface area contributed by atoms with Gasteiger partial charge in [-0.15, -0.1) is 0 Å². The number of carbonyl (C=O) groups excluding carboxylic acids is 1. The first-order valence-corrected chi connectivity index (χ1v) is 4.71. The lowest BCUT2D eigenvalue weighted by Crippen LogP contribution is -2.22. The second kappa shape index (κ2) is 5.51. The van der Waals surface area contributed by atoms with Crippen LogP contribution in [0.4, 0.5) is 0 Å². The van der Waals surface area contributed by atoms with E-state index >= 15 is 0 Å². The maximum Gasteiger partial charge on any atom is 0.311 e. The summed E-state index contributed by atoms with van der Waals surface area (Å²) in [7, 11) is 0. The van der Waals surface area contributed by atoms with Crippen molar-refractivity contribution in [2.24, 2.45) is 5.41 Å². The highest BCUT2D eigenvalue weighted by Gasteiger charge is 2.22. The van der Waals surface area contributed by atoms with Crippen molar-refractivity contribution in [3.05, 3.63) is 35.9 Å². The molecule has 0 aliphatic heterocycles. The van der Waals surface area contributed by atoms with Gasteiger partial charge in [-0.1, -0.05) is 30.3 Å². The molecule has 3 N–H and O–H groups in total. The summed E-state index contributed by atoms with van der Waals surface area (Å²) in [6.07, 6.45) is 0. The van der Waals surface area contributed by atoms with Crippen molar-refractivity contribution in [3.63, 3.8) is 0 Å². The Bertz CT molecular complexity index is 301. The van der Waals surface area contributed by atoms with Crippen LogP contribution in [-0.4, -0.2) is 5.97 Å². The molecule has 0 unspecified atom stereocenters. The van der Waals surface area contributed by atoms with Crippen LogP contribution in [0.5, 0.6) is 0 Å². The molecule has 0 bridgehead atoms. The smallest absolute Gasteiger partial charge is 0.311 e. The van der Waals surface area contributed by atoms with E-state index in [2.05, 4.69) is 0 Å². The third-order valence-corrected chi connectivity index (χ3v) is 1.83. The largest absolute Gasteiger partial charge is 0.460 e. The van der Waals surface area contributed by atoms with E-state index in [0.717, 1.165) is 5.56 Å². The lowest BCUT2D eigenvalue weighted by molar-refractivity contribution is -0.154. The zero-order chi connectivity index (χ0) is 10.6. The van der Waals surface area contributed by atoms with Gasteiger partial charge in [0.1, 0.15) is 6.61 Å². The van der Waals surface area contributed by atoms with Gasteiger partial charge in [0.2, 0.25) is 0 Å². The van der Waals surface area contributed by atoms with E-state index in [1.165, 1.54) is 0 Å². The first kappa shape index (κ1) is 13.7.